The molecule has 6 nitrogen and oxygen atoms in total. The first-order valence-corrected chi connectivity index (χ1v) is 8.02. The second-order valence-electron chi connectivity index (χ2n) is 5.40. The Morgan fingerprint density at radius 1 is 1.16 bits per heavy atom. The Morgan fingerprint density at radius 2 is 1.84 bits per heavy atom. The molecule has 1 aliphatic heterocycles. The van der Waals surface area contributed by atoms with Gasteiger partial charge in [-0.1, -0.05) is 17.7 Å². The molecule has 1 saturated heterocycles. The maximum atomic E-state index is 13.8. The molecule has 0 radical (unpaired) electrons. The Balaban J connectivity index is 0.00000225. The standard InChI is InChI=1S/C16H18ClFN6.HI/c17-13-3-1-4-14(18)12(13)11-22-15(19)23-7-9-24(10-8-23)16-20-5-2-6-21-16;/h1-6H,7-11H2,(H2,19,22);1H. The first kappa shape index (κ1) is 19.6. The highest BCUT2D eigenvalue weighted by molar-refractivity contribution is 14.0. The molecule has 0 amide bonds. The van der Waals surface area contributed by atoms with Crippen molar-refractivity contribution in [3.8, 4) is 0 Å². The minimum atomic E-state index is -0.370. The highest BCUT2D eigenvalue weighted by Crippen LogP contribution is 2.19. The Hall–Kier alpha value is -1.68. The summed E-state index contributed by atoms with van der Waals surface area (Å²) in [6.07, 6.45) is 3.45. The monoisotopic (exact) mass is 476 g/mol. The predicted molar refractivity (Wildman–Crippen MR) is 108 cm³/mol. The molecule has 1 aromatic heterocycles. The first-order chi connectivity index (χ1) is 11.6. The molecule has 0 spiro atoms. The number of halogens is 3. The van der Waals surface area contributed by atoms with Gasteiger partial charge in [-0.2, -0.15) is 0 Å². The molecule has 0 bridgehead atoms. The van der Waals surface area contributed by atoms with Crippen LogP contribution >= 0.6 is 35.6 Å². The van der Waals surface area contributed by atoms with Gasteiger partial charge in [-0.3, -0.25) is 0 Å². The third-order valence-corrected chi connectivity index (χ3v) is 4.25. The predicted octanol–water partition coefficient (Wildman–Crippen LogP) is 2.52. The summed E-state index contributed by atoms with van der Waals surface area (Å²) < 4.78 is 13.8. The van der Waals surface area contributed by atoms with Gasteiger partial charge in [0.2, 0.25) is 5.95 Å². The number of benzene rings is 1. The van der Waals surface area contributed by atoms with Crippen molar-refractivity contribution in [1.82, 2.24) is 14.9 Å². The van der Waals surface area contributed by atoms with Crippen LogP contribution in [0.15, 0.2) is 41.7 Å². The molecule has 0 aliphatic carbocycles. The highest BCUT2D eigenvalue weighted by Gasteiger charge is 2.20. The zero-order valence-electron chi connectivity index (χ0n) is 13.5. The van der Waals surface area contributed by atoms with E-state index in [2.05, 4.69) is 19.9 Å². The molecule has 2 aromatic rings. The van der Waals surface area contributed by atoms with Crippen molar-refractivity contribution in [2.45, 2.75) is 6.54 Å². The zero-order valence-corrected chi connectivity index (χ0v) is 16.6. The second kappa shape index (κ2) is 9.14. The van der Waals surface area contributed by atoms with Crippen molar-refractivity contribution in [2.75, 3.05) is 31.1 Å². The lowest BCUT2D eigenvalue weighted by Crippen LogP contribution is -2.51. The molecule has 25 heavy (non-hydrogen) atoms. The number of guanidine groups is 1. The summed E-state index contributed by atoms with van der Waals surface area (Å²) >= 11 is 6.00. The Bertz CT molecular complexity index is 702. The van der Waals surface area contributed by atoms with Crippen LogP contribution in [-0.4, -0.2) is 47.0 Å². The van der Waals surface area contributed by atoms with Crippen LogP contribution in [0.25, 0.3) is 0 Å². The van der Waals surface area contributed by atoms with Crippen molar-refractivity contribution in [1.29, 1.82) is 0 Å². The summed E-state index contributed by atoms with van der Waals surface area (Å²) in [6.45, 7) is 3.04. The molecule has 134 valence electrons. The quantitative estimate of drug-likeness (QED) is 0.419. The van der Waals surface area contributed by atoms with E-state index in [9.17, 15) is 4.39 Å². The van der Waals surface area contributed by atoms with Crippen molar-refractivity contribution < 1.29 is 4.39 Å². The van der Waals surface area contributed by atoms with Crippen molar-refractivity contribution >= 4 is 47.5 Å². The Labute approximate surface area is 167 Å². The van der Waals surface area contributed by atoms with Gasteiger partial charge >= 0.3 is 0 Å². The van der Waals surface area contributed by atoms with Gasteiger partial charge in [0.1, 0.15) is 5.82 Å². The van der Waals surface area contributed by atoms with Crippen LogP contribution in [0.2, 0.25) is 5.02 Å². The minimum Gasteiger partial charge on any atom is -0.370 e. The zero-order chi connectivity index (χ0) is 16.9. The Kier molecular flexibility index (Phi) is 7.18. The molecule has 3 rings (SSSR count). The number of aromatic nitrogens is 2. The molecular formula is C16H19ClFIN6. The Morgan fingerprint density at radius 3 is 2.48 bits per heavy atom. The maximum absolute atomic E-state index is 13.8. The number of aliphatic imine (C=N–C) groups is 1. The van der Waals surface area contributed by atoms with E-state index in [-0.39, 0.29) is 36.3 Å². The fourth-order valence-corrected chi connectivity index (χ4v) is 2.76. The van der Waals surface area contributed by atoms with E-state index in [0.29, 0.717) is 35.6 Å². The molecule has 2 heterocycles. The number of nitrogens with two attached hydrogens (primary N) is 1. The summed E-state index contributed by atoms with van der Waals surface area (Å²) in [7, 11) is 0. The maximum Gasteiger partial charge on any atom is 0.225 e. The van der Waals surface area contributed by atoms with E-state index >= 15 is 0 Å². The van der Waals surface area contributed by atoms with Crippen LogP contribution in [0.4, 0.5) is 10.3 Å². The molecule has 1 aliphatic rings. The lowest BCUT2D eigenvalue weighted by atomic mass is 10.2. The largest absolute Gasteiger partial charge is 0.370 e. The third-order valence-electron chi connectivity index (χ3n) is 3.90. The second-order valence-corrected chi connectivity index (χ2v) is 5.80. The molecule has 0 unspecified atom stereocenters. The van der Waals surface area contributed by atoms with E-state index in [1.54, 1.807) is 30.6 Å². The third kappa shape index (κ3) is 4.91. The number of hydrogen-bond donors (Lipinski definition) is 1. The van der Waals surface area contributed by atoms with Crippen LogP contribution in [0.5, 0.6) is 0 Å². The molecule has 2 N–H and O–H groups in total. The van der Waals surface area contributed by atoms with Crippen LogP contribution in [0, 0.1) is 5.82 Å². The average Bonchev–Trinajstić information content (AvgIpc) is 2.62. The summed E-state index contributed by atoms with van der Waals surface area (Å²) in [5, 5.41) is 0.359. The minimum absolute atomic E-state index is 0. The molecule has 0 atom stereocenters. The highest BCUT2D eigenvalue weighted by atomic mass is 127. The molecular weight excluding hydrogens is 458 g/mol. The summed E-state index contributed by atoms with van der Waals surface area (Å²) in [6, 6.07) is 6.37. The smallest absolute Gasteiger partial charge is 0.225 e. The average molecular weight is 477 g/mol. The molecule has 0 saturated carbocycles. The topological polar surface area (TPSA) is 70.6 Å². The molecule has 1 aromatic carbocycles. The number of piperazine rings is 1. The fraction of sp³-hybridized carbons (Fsp3) is 0.312. The van der Waals surface area contributed by atoms with Crippen LogP contribution in [0.3, 0.4) is 0 Å². The lowest BCUT2D eigenvalue weighted by molar-refractivity contribution is 0.378. The van der Waals surface area contributed by atoms with Gasteiger partial charge in [0.15, 0.2) is 5.96 Å². The van der Waals surface area contributed by atoms with Crippen LogP contribution in [-0.2, 0) is 6.54 Å². The van der Waals surface area contributed by atoms with E-state index in [1.807, 2.05) is 4.90 Å². The fourth-order valence-electron chi connectivity index (χ4n) is 2.53. The van der Waals surface area contributed by atoms with E-state index in [4.69, 9.17) is 17.3 Å². The molecule has 9 heteroatoms. The summed E-state index contributed by atoms with van der Waals surface area (Å²) in [5.74, 6) is 0.735. The van der Waals surface area contributed by atoms with Gasteiger partial charge in [0.25, 0.3) is 0 Å². The van der Waals surface area contributed by atoms with Gasteiger partial charge in [0.05, 0.1) is 6.54 Å². The van der Waals surface area contributed by atoms with Crippen molar-refractivity contribution in [2.24, 2.45) is 10.7 Å². The van der Waals surface area contributed by atoms with Gasteiger partial charge in [0, 0.05) is 49.2 Å². The van der Waals surface area contributed by atoms with Gasteiger partial charge < -0.3 is 15.5 Å². The van der Waals surface area contributed by atoms with Crippen molar-refractivity contribution in [3.05, 3.63) is 53.1 Å². The number of hydrogen-bond acceptors (Lipinski definition) is 4. The van der Waals surface area contributed by atoms with Gasteiger partial charge in [-0.05, 0) is 18.2 Å². The first-order valence-electron chi connectivity index (χ1n) is 7.65. The van der Waals surface area contributed by atoms with Gasteiger partial charge in [-0.25, -0.2) is 19.4 Å². The lowest BCUT2D eigenvalue weighted by Gasteiger charge is -2.35. The summed E-state index contributed by atoms with van der Waals surface area (Å²) in [5.41, 5.74) is 6.40. The normalized spacial score (nSPS) is 15.0. The molecule has 1 fully saturated rings. The van der Waals surface area contributed by atoms with Crippen LogP contribution < -0.4 is 10.6 Å². The summed E-state index contributed by atoms with van der Waals surface area (Å²) in [4.78, 5) is 16.8. The van der Waals surface area contributed by atoms with E-state index in [1.165, 1.54) is 6.07 Å². The van der Waals surface area contributed by atoms with E-state index in [0.717, 1.165) is 13.1 Å². The van der Waals surface area contributed by atoms with Crippen molar-refractivity contribution in [3.63, 3.8) is 0 Å². The number of nitrogens with zero attached hydrogens (tertiary/aromatic N) is 5. The SMILES string of the molecule is I.NC(=NCc1c(F)cccc1Cl)N1CCN(c2ncccn2)CC1. The number of anilines is 1. The van der Waals surface area contributed by atoms with E-state index < -0.39 is 0 Å². The van der Waals surface area contributed by atoms with Gasteiger partial charge in [-0.15, -0.1) is 24.0 Å². The number of rotatable bonds is 3. The van der Waals surface area contributed by atoms with Crippen LogP contribution in [0.1, 0.15) is 5.56 Å².